The molecule has 0 aromatic heterocycles. The van der Waals surface area contributed by atoms with E-state index in [4.69, 9.17) is 21.3 Å². The molecule has 2 aliphatic carbocycles. The number of alkyl halides is 12. The number of carbonyl (C=O) groups is 1. The molecule has 0 amide bonds. The first-order valence-electron chi connectivity index (χ1n) is 18.0. The molecule has 0 unspecified atom stereocenters. The number of ketones is 1. The molecule has 0 atom stereocenters. The van der Waals surface area contributed by atoms with Crippen molar-refractivity contribution >= 4 is 31.5 Å². The van der Waals surface area contributed by atoms with E-state index in [1.54, 1.807) is 18.2 Å². The highest BCUT2D eigenvalue weighted by molar-refractivity contribution is 5.88. The Balaban J connectivity index is 0.000000381. The van der Waals surface area contributed by atoms with Crippen molar-refractivity contribution in [2.24, 2.45) is 0 Å². The van der Waals surface area contributed by atoms with Gasteiger partial charge in [0.2, 0.25) is 0 Å². The van der Waals surface area contributed by atoms with Gasteiger partial charge in [-0.05, 0) is 72.8 Å². The number of allylic oxidation sites excluding steroid dienone is 1. The van der Waals surface area contributed by atoms with Crippen LogP contribution >= 0.6 is 0 Å². The molecule has 329 valence electrons. The number of ether oxygens (including phenoxy) is 2. The third kappa shape index (κ3) is 14.5. The number of rotatable bonds is 10. The second-order valence-corrected chi connectivity index (χ2v) is 14.2. The Labute approximate surface area is 356 Å². The van der Waals surface area contributed by atoms with Crippen LogP contribution in [0.25, 0.3) is 0 Å². The fraction of sp³-hybridized carbons (Fsp3) is 0.341. The Morgan fingerprint density at radius 2 is 0.836 bits per heavy atom. The molecule has 0 heterocycles. The van der Waals surface area contributed by atoms with Gasteiger partial charge in [0, 0.05) is 32.0 Å². The molecule has 0 saturated heterocycles. The number of carbonyl (C=O) groups excluding carboxylic acids is 1. The zero-order valence-electron chi connectivity index (χ0n) is 33.2. The Bertz CT molecular complexity index is 1820. The van der Waals surface area contributed by atoms with Gasteiger partial charge < -0.3 is 9.47 Å². The number of Topliss-reactive ketones (excluding diaryl/α,β-unsaturated/α-hetero) is 1. The summed E-state index contributed by atoms with van der Waals surface area (Å²) in [6.45, 7) is 3.38. The van der Waals surface area contributed by atoms with Gasteiger partial charge in [0.25, 0.3) is 0 Å². The van der Waals surface area contributed by atoms with Gasteiger partial charge in [-0.2, -0.15) is 52.7 Å². The lowest BCUT2D eigenvalue weighted by Gasteiger charge is -2.44. The van der Waals surface area contributed by atoms with Gasteiger partial charge in [0.15, 0.2) is 0 Å². The van der Waals surface area contributed by atoms with Crippen molar-refractivity contribution < 1.29 is 82.5 Å². The molecular weight excluding hydrogens is 854 g/mol. The van der Waals surface area contributed by atoms with E-state index < -0.39 is 59.0 Å². The first kappa shape index (κ1) is 51.2. The summed E-state index contributed by atoms with van der Waals surface area (Å²) in [6, 6.07) is 21.4. The van der Waals surface area contributed by atoms with E-state index in [1.807, 2.05) is 42.5 Å². The smallest absolute Gasteiger partial charge is 0.376 e. The number of halogens is 12. The maximum atomic E-state index is 13.0. The van der Waals surface area contributed by atoms with E-state index in [9.17, 15) is 57.5 Å². The molecule has 0 bridgehead atoms. The van der Waals surface area contributed by atoms with Crippen LogP contribution in [0, 0.1) is 0 Å². The van der Waals surface area contributed by atoms with Crippen LogP contribution in [0.5, 0.6) is 0 Å². The van der Waals surface area contributed by atoms with E-state index in [2.05, 4.69) is 20.0 Å². The van der Waals surface area contributed by atoms with Gasteiger partial charge >= 0.3 is 24.7 Å². The highest BCUT2D eigenvalue weighted by Crippen LogP contribution is 2.47. The lowest BCUT2D eigenvalue weighted by molar-refractivity contribution is -0.465. The second-order valence-electron chi connectivity index (χ2n) is 14.2. The SMILES string of the molecule is C=C1CC(COCc2cc(C(F)(F)F)cc(C(F)(F)F)c2)(c2ccccc2)C1.O=C1CC(COCc2cc(C(F)(F)F)cc(C(F)(F)F)c2)(c2ccccc2)C1.OOO.[3H][B].[AlH2]. The summed E-state index contributed by atoms with van der Waals surface area (Å²) < 4.78 is 172. The standard InChI is InChI=1S/C21H18F6O.C20H16F6O2.Al.BH.H2O3.2H/c1-14-10-19(11-14,16-5-3-2-4-6-16)13-28-12-15-7-17(20(22,23)24)9-18(8-15)21(25,26)27;21-19(22,23)15-6-13(7-16(8-15)20(24,25)26)11-28-12-18(9-17(27)10-18)14-4-2-1-3-5-14;;;1-3-2;;/h2-9H,1,10-13H2;1-8H,9-12H2;;1H;1-2H;;/i;;;1T;;;. The summed E-state index contributed by atoms with van der Waals surface area (Å²) in [7, 11) is 3.75. The zero-order valence-corrected chi connectivity index (χ0v) is 34.2. The van der Waals surface area contributed by atoms with Crippen LogP contribution in [0.2, 0.25) is 0 Å². The summed E-state index contributed by atoms with van der Waals surface area (Å²) in [5.74, 6) is 0.0332. The fourth-order valence-electron chi connectivity index (χ4n) is 6.90. The summed E-state index contributed by atoms with van der Waals surface area (Å²) in [6.07, 6.45) is -17.7. The topological polar surface area (TPSA) is 85.2 Å². The zero-order chi connectivity index (χ0) is 45.9. The summed E-state index contributed by atoms with van der Waals surface area (Å²) in [5, 5.41) is 15.5. The highest BCUT2D eigenvalue weighted by atomic mass is 27.0. The molecule has 4 aromatic carbocycles. The largest absolute Gasteiger partial charge is 0.416 e. The normalized spacial score (nSPS) is 15.7. The molecule has 0 aliphatic heterocycles. The molecule has 20 heteroatoms. The average Bonchev–Trinajstić information content (AvgIpc) is 3.17. The van der Waals surface area contributed by atoms with Gasteiger partial charge in [-0.3, -0.25) is 4.79 Å². The molecule has 6 rings (SSSR count). The van der Waals surface area contributed by atoms with Crippen LogP contribution < -0.4 is 0 Å². The summed E-state index contributed by atoms with van der Waals surface area (Å²) in [5.41, 5.74) is -3.84. The lowest BCUT2D eigenvalue weighted by Crippen LogP contribution is -2.45. The van der Waals surface area contributed by atoms with Crippen molar-refractivity contribution in [1.29, 1.82) is 1.34 Å². The number of hydrogen-bond donors (Lipinski definition) is 2. The Kier molecular flexibility index (Phi) is 17.9. The monoisotopic (exact) mass is 895 g/mol. The van der Waals surface area contributed by atoms with Crippen LogP contribution in [-0.2, 0) is 68.1 Å². The molecular formula is C41H39AlBF12O6. The van der Waals surface area contributed by atoms with Crippen LogP contribution in [0.15, 0.2) is 109 Å². The van der Waals surface area contributed by atoms with Crippen molar-refractivity contribution in [3.05, 3.63) is 154 Å². The van der Waals surface area contributed by atoms with E-state index in [-0.39, 0.29) is 84.5 Å². The van der Waals surface area contributed by atoms with Crippen LogP contribution in [0.3, 0.4) is 0 Å². The van der Waals surface area contributed by atoms with E-state index >= 15 is 0 Å². The van der Waals surface area contributed by atoms with Crippen LogP contribution in [0.1, 0.15) is 70.2 Å². The van der Waals surface area contributed by atoms with Crippen LogP contribution in [-0.4, -0.2) is 56.6 Å². The molecule has 6 nitrogen and oxygen atoms in total. The highest BCUT2D eigenvalue weighted by Gasteiger charge is 2.45. The average molecular weight is 896 g/mol. The lowest BCUT2D eigenvalue weighted by atomic mass is 9.62. The third-order valence-corrected chi connectivity index (χ3v) is 9.61. The molecule has 4 aromatic rings. The summed E-state index contributed by atoms with van der Waals surface area (Å²) >= 11 is 0. The fourth-order valence-corrected chi connectivity index (χ4v) is 6.90. The minimum Gasteiger partial charge on any atom is -0.376 e. The molecule has 2 N–H and O–H groups in total. The molecule has 2 aliphatic rings. The van der Waals surface area contributed by atoms with Gasteiger partial charge in [-0.25, -0.2) is 10.5 Å². The Morgan fingerprint density at radius 1 is 0.557 bits per heavy atom. The van der Waals surface area contributed by atoms with Gasteiger partial charge in [0.1, 0.15) is 23.1 Å². The predicted octanol–water partition coefficient (Wildman–Crippen LogP) is 10.5. The Morgan fingerprint density at radius 3 is 1.08 bits per heavy atom. The number of benzene rings is 4. The van der Waals surface area contributed by atoms with Crippen LogP contribution in [0.4, 0.5) is 52.7 Å². The van der Waals surface area contributed by atoms with E-state index in [0.29, 0.717) is 37.1 Å². The van der Waals surface area contributed by atoms with Gasteiger partial charge in [-0.1, -0.05) is 77.9 Å². The molecule has 0 spiro atoms. The third-order valence-electron chi connectivity index (χ3n) is 9.61. The van der Waals surface area contributed by atoms with Crippen molar-refractivity contribution in [3.63, 3.8) is 0 Å². The number of hydrogen-bond acceptors (Lipinski definition) is 6. The van der Waals surface area contributed by atoms with E-state index in [1.165, 1.54) is 0 Å². The summed E-state index contributed by atoms with van der Waals surface area (Å²) in [4.78, 5) is 11.5. The molecule has 2 saturated carbocycles. The van der Waals surface area contributed by atoms with Crippen molar-refractivity contribution in [2.75, 3.05) is 13.2 Å². The van der Waals surface area contributed by atoms with Crippen molar-refractivity contribution in [2.45, 2.75) is 74.4 Å². The molecule has 2 fully saturated rings. The first-order chi connectivity index (χ1) is 28.4. The predicted molar refractivity (Wildman–Crippen MR) is 203 cm³/mol. The maximum absolute atomic E-state index is 13.0. The van der Waals surface area contributed by atoms with E-state index in [0.717, 1.165) is 16.7 Å². The van der Waals surface area contributed by atoms with Gasteiger partial charge in [-0.15, -0.1) is 0 Å². The van der Waals surface area contributed by atoms with Crippen molar-refractivity contribution in [3.8, 4) is 0 Å². The minimum atomic E-state index is -4.90. The quantitative estimate of drug-likeness (QED) is 0.0542. The Hall–Kier alpha value is -4.15. The second kappa shape index (κ2) is 21.3. The molecule has 61 heavy (non-hydrogen) atoms. The van der Waals surface area contributed by atoms with Gasteiger partial charge in [0.05, 0.1) is 48.7 Å². The first-order valence-corrected chi connectivity index (χ1v) is 17.4. The maximum Gasteiger partial charge on any atom is 0.416 e. The minimum absolute atomic E-state index is 0. The molecule has 3 radical (unpaired) electrons. The van der Waals surface area contributed by atoms with Crippen molar-refractivity contribution in [1.82, 2.24) is 0 Å².